The quantitative estimate of drug-likeness (QED) is 0.138. The van der Waals surface area contributed by atoms with Gasteiger partial charge in [0.15, 0.2) is 4.34 Å². The van der Waals surface area contributed by atoms with Crippen molar-refractivity contribution in [3.8, 4) is 5.75 Å². The SMILES string of the molecule is Cc1nnc(SCC2=C(C(=O)OC3OC(=O)c4ccccc43)N3C(=O)C(NC(=O)C4(NC(=O)N5CCNC5=O)c5ccc(O)c(c5)N4C4SCCS4)[C@@H]3SC2)s1. The zero-order chi connectivity index (χ0) is 38.9. The highest BCUT2D eigenvalue weighted by atomic mass is 32.2. The fourth-order valence-electron chi connectivity index (χ4n) is 7.21. The molecular formula is C34H30N8O9S5. The second-order valence-electron chi connectivity index (χ2n) is 13.1. The molecule has 2 bridgehead atoms. The van der Waals surface area contributed by atoms with E-state index in [-0.39, 0.29) is 41.6 Å². The molecule has 4 N–H and O–H groups in total. The van der Waals surface area contributed by atoms with Crippen LogP contribution in [0.3, 0.4) is 0 Å². The number of benzene rings is 2. The van der Waals surface area contributed by atoms with E-state index in [1.54, 1.807) is 35.2 Å². The van der Waals surface area contributed by atoms with Gasteiger partial charge in [-0.15, -0.1) is 45.5 Å². The van der Waals surface area contributed by atoms with Crippen LogP contribution in [0.5, 0.6) is 5.75 Å². The summed E-state index contributed by atoms with van der Waals surface area (Å²) in [5, 5.41) is 27.5. The van der Waals surface area contributed by atoms with Gasteiger partial charge in [0.05, 0.1) is 11.3 Å². The lowest BCUT2D eigenvalue weighted by atomic mass is 9.98. The number of nitrogens with zero attached hydrogens (tertiary/aromatic N) is 5. The van der Waals surface area contributed by atoms with E-state index in [9.17, 15) is 33.9 Å². The van der Waals surface area contributed by atoms with Gasteiger partial charge in [0.1, 0.15) is 32.6 Å². The van der Waals surface area contributed by atoms with E-state index in [0.29, 0.717) is 26.7 Å². The molecule has 2 aromatic carbocycles. The first-order chi connectivity index (χ1) is 27.0. The Morgan fingerprint density at radius 2 is 1.91 bits per heavy atom. The molecule has 6 aliphatic rings. The van der Waals surface area contributed by atoms with Crippen LogP contribution in [0, 0.1) is 6.92 Å². The summed E-state index contributed by atoms with van der Waals surface area (Å²) in [4.78, 5) is 86.1. The molecule has 0 spiro atoms. The normalized spacial score (nSPS) is 25.1. The number of ether oxygens (including phenoxy) is 2. The second-order valence-corrected chi connectivity index (χ2v) is 19.2. The summed E-state index contributed by atoms with van der Waals surface area (Å²) in [5.41, 5.74) is -0.154. The third kappa shape index (κ3) is 6.03. The summed E-state index contributed by atoms with van der Waals surface area (Å²) < 4.78 is 11.4. The van der Waals surface area contributed by atoms with Gasteiger partial charge in [0.2, 0.25) is 5.66 Å². The summed E-state index contributed by atoms with van der Waals surface area (Å²) in [5.74, 6) is -0.988. The monoisotopic (exact) mass is 854 g/mol. The van der Waals surface area contributed by atoms with Gasteiger partial charge in [-0.1, -0.05) is 47.4 Å². The van der Waals surface area contributed by atoms with E-state index in [0.717, 1.165) is 21.4 Å². The Morgan fingerprint density at radius 3 is 2.66 bits per heavy atom. The average Bonchev–Trinajstić information content (AvgIpc) is 4.04. The summed E-state index contributed by atoms with van der Waals surface area (Å²) in [6.07, 6.45) is -1.33. The van der Waals surface area contributed by atoms with E-state index in [4.69, 9.17) is 9.47 Å². The van der Waals surface area contributed by atoms with Crippen LogP contribution < -0.4 is 20.9 Å². The van der Waals surface area contributed by atoms with E-state index in [1.807, 2.05) is 6.92 Å². The number of cyclic esters (lactones) is 1. The minimum absolute atomic E-state index is 0.0284. The molecule has 3 fully saturated rings. The number of rotatable bonds is 9. The minimum Gasteiger partial charge on any atom is -0.506 e. The van der Waals surface area contributed by atoms with Crippen molar-refractivity contribution in [2.75, 3.05) is 41.0 Å². The number of esters is 2. The number of phenols is 1. The van der Waals surface area contributed by atoms with Gasteiger partial charge >= 0.3 is 24.0 Å². The van der Waals surface area contributed by atoms with E-state index in [1.165, 1.54) is 75.4 Å². The first-order valence-electron chi connectivity index (χ1n) is 17.2. The van der Waals surface area contributed by atoms with Crippen LogP contribution in [0.2, 0.25) is 0 Å². The molecule has 22 heteroatoms. The summed E-state index contributed by atoms with van der Waals surface area (Å²) in [6, 6.07) is 8.50. The molecule has 4 atom stereocenters. The van der Waals surface area contributed by atoms with Crippen LogP contribution >= 0.6 is 58.4 Å². The van der Waals surface area contributed by atoms with Gasteiger partial charge in [-0.25, -0.2) is 24.1 Å². The lowest BCUT2D eigenvalue weighted by Crippen LogP contribution is -2.75. The summed E-state index contributed by atoms with van der Waals surface area (Å²) in [7, 11) is 0. The maximum Gasteiger partial charge on any atom is 0.358 e. The van der Waals surface area contributed by atoms with Crippen LogP contribution in [-0.4, -0.2) is 113 Å². The predicted octanol–water partition coefficient (Wildman–Crippen LogP) is 2.88. The van der Waals surface area contributed by atoms with Crippen molar-refractivity contribution >= 4 is 99.9 Å². The van der Waals surface area contributed by atoms with Crippen molar-refractivity contribution < 1.29 is 43.3 Å². The summed E-state index contributed by atoms with van der Waals surface area (Å²) >= 11 is 7.12. The number of phenolic OH excluding ortho intramolecular Hbond substituents is 1. The lowest BCUT2D eigenvalue weighted by molar-refractivity contribution is -0.168. The fourth-order valence-corrected chi connectivity index (χ4v) is 13.5. The van der Waals surface area contributed by atoms with Crippen LogP contribution in [0.25, 0.3) is 0 Å². The van der Waals surface area contributed by atoms with Crippen LogP contribution in [-0.2, 0) is 29.5 Å². The fraction of sp³-hybridized carbons (Fsp3) is 0.353. The number of amides is 6. The van der Waals surface area contributed by atoms with E-state index >= 15 is 0 Å². The molecule has 290 valence electrons. The van der Waals surface area contributed by atoms with Crippen molar-refractivity contribution in [3.05, 3.63) is 75.4 Å². The van der Waals surface area contributed by atoms with E-state index in [2.05, 4.69) is 26.1 Å². The first kappa shape index (κ1) is 37.0. The number of hydrogen-bond acceptors (Lipinski definition) is 17. The van der Waals surface area contributed by atoms with Gasteiger partial charge in [-0.3, -0.25) is 14.5 Å². The van der Waals surface area contributed by atoms with Crippen molar-refractivity contribution in [2.45, 2.75) is 39.3 Å². The highest BCUT2D eigenvalue weighted by molar-refractivity contribution is 8.20. The summed E-state index contributed by atoms with van der Waals surface area (Å²) in [6.45, 7) is 2.13. The van der Waals surface area contributed by atoms with E-state index < -0.39 is 63.9 Å². The predicted molar refractivity (Wildman–Crippen MR) is 208 cm³/mol. The topological polar surface area (TPSA) is 213 Å². The average molecular weight is 855 g/mol. The Bertz CT molecular complexity index is 2250. The molecule has 0 aliphatic carbocycles. The van der Waals surface area contributed by atoms with Gasteiger partial charge < -0.3 is 35.4 Å². The molecule has 3 aromatic rings. The number of imide groups is 1. The number of nitrogens with one attached hydrogen (secondary N) is 3. The number of aromatic nitrogens is 2. The Hall–Kier alpha value is -4.64. The van der Waals surface area contributed by atoms with Crippen LogP contribution in [0.15, 0.2) is 58.1 Å². The first-order valence-corrected chi connectivity index (χ1v) is 22.1. The number of β-lactam (4-membered cyclic amide) rings is 1. The van der Waals surface area contributed by atoms with Crippen molar-refractivity contribution in [1.29, 1.82) is 0 Å². The molecule has 0 saturated carbocycles. The molecule has 6 aliphatic heterocycles. The van der Waals surface area contributed by atoms with Gasteiger partial charge in [-0.2, -0.15) is 0 Å². The molecule has 3 saturated heterocycles. The minimum atomic E-state index is -1.97. The maximum atomic E-state index is 14.9. The molecule has 7 heterocycles. The zero-order valence-electron chi connectivity index (χ0n) is 29.1. The van der Waals surface area contributed by atoms with Gasteiger partial charge in [0.25, 0.3) is 18.1 Å². The Labute approximate surface area is 339 Å². The van der Waals surface area contributed by atoms with Crippen LogP contribution in [0.1, 0.15) is 32.8 Å². The number of urea groups is 2. The largest absolute Gasteiger partial charge is 0.506 e. The highest BCUT2D eigenvalue weighted by Crippen LogP contribution is 2.52. The molecule has 17 nitrogen and oxygen atoms in total. The van der Waals surface area contributed by atoms with Crippen molar-refractivity contribution in [2.24, 2.45) is 0 Å². The molecule has 56 heavy (non-hydrogen) atoms. The Kier molecular flexibility index (Phi) is 9.49. The molecule has 6 amide bonds. The smallest absolute Gasteiger partial charge is 0.358 e. The number of aryl methyl sites for hydroxylation is 1. The standard InChI is InChI=1S/C34H30N8O9S5/c1-15-38-39-32(56-15)55-14-16-13-54-25-22(24(44)41(25)23(16)27(46)51-28-19-5-3-2-4-18(19)26(45)50-28)36-29(47)34(37-31(49)40-9-8-35-30(40)48)17-6-7-21(43)20(12-17)42(34)33-52-10-11-53-33/h2-7,12,22,25,28,33,43H,8-11,13-14H2,1H3,(H,35,48)(H,36,47)(H,37,49)/t22?,25-,28?,34?/m0/s1. The molecule has 9 rings (SSSR count). The zero-order valence-corrected chi connectivity index (χ0v) is 33.2. The molecular weight excluding hydrogens is 825 g/mol. The maximum absolute atomic E-state index is 14.9. The number of anilines is 1. The number of thioether (sulfide) groups is 4. The Morgan fingerprint density at radius 1 is 1.11 bits per heavy atom. The van der Waals surface area contributed by atoms with Gasteiger partial charge in [0, 0.05) is 47.2 Å². The third-order valence-electron chi connectivity index (χ3n) is 9.81. The number of aromatic hydroxyl groups is 1. The van der Waals surface area contributed by atoms with Crippen LogP contribution in [0.4, 0.5) is 15.3 Å². The molecule has 1 aromatic heterocycles. The number of carbonyl (C=O) groups excluding carboxylic acids is 6. The van der Waals surface area contributed by atoms with Gasteiger partial charge in [-0.05, 0) is 30.7 Å². The number of fused-ring (bicyclic) bond motifs is 4. The molecule has 0 radical (unpaired) electrons. The Balaban J connectivity index is 1.02. The molecule has 3 unspecified atom stereocenters. The third-order valence-corrected chi connectivity index (χ3v) is 16.2. The highest BCUT2D eigenvalue weighted by Gasteiger charge is 2.60. The number of hydrogen-bond donors (Lipinski definition) is 4. The second kappa shape index (κ2) is 14.4. The lowest BCUT2D eigenvalue weighted by Gasteiger charge is -2.51. The van der Waals surface area contributed by atoms with Crippen molar-refractivity contribution in [3.63, 3.8) is 0 Å². The van der Waals surface area contributed by atoms with Crippen molar-refractivity contribution in [1.82, 2.24) is 35.9 Å². The number of carbonyl (C=O) groups is 6.